The highest BCUT2D eigenvalue weighted by atomic mass is 16.6. The Kier molecular flexibility index (Phi) is 5.15. The Morgan fingerprint density at radius 3 is 2.57 bits per heavy atom. The molecule has 1 fully saturated rings. The minimum atomic E-state index is -0.262. The van der Waals surface area contributed by atoms with E-state index in [0.717, 1.165) is 41.2 Å². The van der Waals surface area contributed by atoms with E-state index in [2.05, 4.69) is 41.6 Å². The van der Waals surface area contributed by atoms with Gasteiger partial charge in [-0.1, -0.05) is 36.4 Å². The van der Waals surface area contributed by atoms with Gasteiger partial charge in [0.25, 0.3) is 0 Å². The molecule has 0 N–H and O–H groups in total. The van der Waals surface area contributed by atoms with Crippen LogP contribution in [0.1, 0.15) is 41.4 Å². The van der Waals surface area contributed by atoms with Crippen molar-refractivity contribution in [2.24, 2.45) is 0 Å². The predicted molar refractivity (Wildman–Crippen MR) is 108 cm³/mol. The first-order valence-electron chi connectivity index (χ1n) is 9.72. The molecule has 3 aromatic rings. The maximum Gasteiger partial charge on any atom is 0.410 e. The van der Waals surface area contributed by atoms with Gasteiger partial charge < -0.3 is 14.2 Å². The molecule has 1 saturated heterocycles. The summed E-state index contributed by atoms with van der Waals surface area (Å²) in [6.45, 7) is 5.15. The lowest BCUT2D eigenvalue weighted by Gasteiger charge is -2.26. The fraction of sp³-hybridized carbons (Fsp3) is 0.304. The molecule has 5 nitrogen and oxygen atoms in total. The molecule has 1 aromatic carbocycles. The van der Waals surface area contributed by atoms with Gasteiger partial charge in [0, 0.05) is 29.7 Å². The lowest BCUT2D eigenvalue weighted by Crippen LogP contribution is -2.31. The topological polar surface area (TPSA) is 47.4 Å². The van der Waals surface area contributed by atoms with Crippen LogP contribution in [-0.2, 0) is 11.3 Å². The number of ether oxygens (including phenoxy) is 1. The van der Waals surface area contributed by atoms with Gasteiger partial charge in [0.2, 0.25) is 0 Å². The molecule has 0 radical (unpaired) electrons. The molecule has 3 heterocycles. The second-order valence-electron chi connectivity index (χ2n) is 7.26. The molecule has 144 valence electrons. The predicted octanol–water partition coefficient (Wildman–Crippen LogP) is 4.96. The molecular formula is C23H25N3O2. The number of amides is 1. The number of carbonyl (C=O) groups excluding carboxylic acids is 1. The van der Waals surface area contributed by atoms with Crippen LogP contribution in [0.4, 0.5) is 4.79 Å². The number of aromatic nitrogens is 2. The summed E-state index contributed by atoms with van der Waals surface area (Å²) in [5.41, 5.74) is 4.33. The third-order valence-electron chi connectivity index (χ3n) is 5.35. The summed E-state index contributed by atoms with van der Waals surface area (Å²) in [7, 11) is 0. The normalized spacial score (nSPS) is 16.4. The molecular weight excluding hydrogens is 350 g/mol. The number of nitrogens with zero attached hydrogens (tertiary/aromatic N) is 3. The Bertz CT molecular complexity index is 945. The van der Waals surface area contributed by atoms with Gasteiger partial charge in [-0.2, -0.15) is 0 Å². The van der Waals surface area contributed by atoms with Crippen molar-refractivity contribution < 1.29 is 9.53 Å². The Hall–Kier alpha value is -3.08. The van der Waals surface area contributed by atoms with Gasteiger partial charge in [-0.15, -0.1) is 0 Å². The number of pyridine rings is 1. The van der Waals surface area contributed by atoms with Gasteiger partial charge in [0.15, 0.2) is 0 Å². The quantitative estimate of drug-likeness (QED) is 0.647. The summed E-state index contributed by atoms with van der Waals surface area (Å²) >= 11 is 0. The lowest BCUT2D eigenvalue weighted by atomic mass is 10.1. The van der Waals surface area contributed by atoms with Crippen LogP contribution in [0.5, 0.6) is 0 Å². The van der Waals surface area contributed by atoms with Crippen LogP contribution in [0.3, 0.4) is 0 Å². The van der Waals surface area contributed by atoms with Gasteiger partial charge in [-0.25, -0.2) is 9.78 Å². The number of carbonyl (C=O) groups is 1. The van der Waals surface area contributed by atoms with Crippen molar-refractivity contribution in [2.45, 2.75) is 39.3 Å². The first-order valence-corrected chi connectivity index (χ1v) is 9.72. The van der Waals surface area contributed by atoms with Gasteiger partial charge in [-0.05, 0) is 50.5 Å². The molecule has 1 amide bonds. The minimum absolute atomic E-state index is 0.0202. The molecule has 4 rings (SSSR count). The number of rotatable bonds is 4. The first-order chi connectivity index (χ1) is 13.6. The van der Waals surface area contributed by atoms with E-state index in [-0.39, 0.29) is 12.1 Å². The van der Waals surface area contributed by atoms with Crippen molar-refractivity contribution in [2.75, 3.05) is 6.54 Å². The average Bonchev–Trinajstić information content (AvgIpc) is 3.34. The second kappa shape index (κ2) is 7.89. The van der Waals surface area contributed by atoms with E-state index in [1.54, 1.807) is 0 Å². The van der Waals surface area contributed by atoms with Crippen LogP contribution in [0.15, 0.2) is 60.8 Å². The molecule has 28 heavy (non-hydrogen) atoms. The third kappa shape index (κ3) is 3.52. The Balaban J connectivity index is 1.58. The van der Waals surface area contributed by atoms with Crippen LogP contribution in [0.2, 0.25) is 0 Å². The molecule has 1 aliphatic rings. The lowest BCUT2D eigenvalue weighted by molar-refractivity contribution is 0.0920. The zero-order chi connectivity index (χ0) is 19.5. The van der Waals surface area contributed by atoms with Crippen molar-refractivity contribution in [3.63, 3.8) is 0 Å². The molecule has 0 bridgehead atoms. The van der Waals surface area contributed by atoms with Gasteiger partial charge in [0.1, 0.15) is 12.4 Å². The maximum absolute atomic E-state index is 12.8. The van der Waals surface area contributed by atoms with E-state index >= 15 is 0 Å². The van der Waals surface area contributed by atoms with Gasteiger partial charge >= 0.3 is 6.09 Å². The largest absolute Gasteiger partial charge is 0.445 e. The van der Waals surface area contributed by atoms with Crippen LogP contribution in [0, 0.1) is 13.8 Å². The number of benzene rings is 1. The molecule has 0 spiro atoms. The second-order valence-corrected chi connectivity index (χ2v) is 7.26. The SMILES string of the molecule is Cc1ccc(C)n1-c1ncccc1[C@H]1CCCN1C(=O)OCc1ccccc1. The average molecular weight is 375 g/mol. The summed E-state index contributed by atoms with van der Waals surface area (Å²) < 4.78 is 7.76. The highest BCUT2D eigenvalue weighted by molar-refractivity contribution is 5.69. The van der Waals surface area contributed by atoms with Gasteiger partial charge in [-0.3, -0.25) is 0 Å². The summed E-state index contributed by atoms with van der Waals surface area (Å²) in [4.78, 5) is 19.3. The fourth-order valence-electron chi connectivity index (χ4n) is 3.97. The highest BCUT2D eigenvalue weighted by Gasteiger charge is 2.33. The van der Waals surface area contributed by atoms with E-state index in [4.69, 9.17) is 4.74 Å². The smallest absolute Gasteiger partial charge is 0.410 e. The molecule has 1 atom stereocenters. The van der Waals surface area contributed by atoms with E-state index in [9.17, 15) is 4.79 Å². The van der Waals surface area contributed by atoms with Crippen molar-refractivity contribution in [3.8, 4) is 5.82 Å². The van der Waals surface area contributed by atoms with E-state index in [0.29, 0.717) is 13.2 Å². The summed E-state index contributed by atoms with van der Waals surface area (Å²) in [6, 6.07) is 18.0. The van der Waals surface area contributed by atoms with Crippen molar-refractivity contribution in [1.29, 1.82) is 0 Å². The Morgan fingerprint density at radius 2 is 1.82 bits per heavy atom. The number of aryl methyl sites for hydroxylation is 2. The van der Waals surface area contributed by atoms with Crippen molar-refractivity contribution in [1.82, 2.24) is 14.5 Å². The monoisotopic (exact) mass is 375 g/mol. The minimum Gasteiger partial charge on any atom is -0.445 e. The molecule has 0 unspecified atom stereocenters. The maximum atomic E-state index is 12.8. The highest BCUT2D eigenvalue weighted by Crippen LogP contribution is 2.35. The fourth-order valence-corrected chi connectivity index (χ4v) is 3.97. The van der Waals surface area contributed by atoms with Crippen LogP contribution in [-0.4, -0.2) is 27.1 Å². The molecule has 5 heteroatoms. The zero-order valence-corrected chi connectivity index (χ0v) is 16.3. The Morgan fingerprint density at radius 1 is 1.07 bits per heavy atom. The summed E-state index contributed by atoms with van der Waals surface area (Å²) in [6.07, 6.45) is 3.42. The van der Waals surface area contributed by atoms with Crippen LogP contribution in [0.25, 0.3) is 5.82 Å². The third-order valence-corrected chi connectivity index (χ3v) is 5.35. The zero-order valence-electron chi connectivity index (χ0n) is 16.3. The van der Waals surface area contributed by atoms with E-state index in [1.807, 2.05) is 47.5 Å². The molecule has 1 aliphatic heterocycles. The van der Waals surface area contributed by atoms with Crippen LogP contribution < -0.4 is 0 Å². The van der Waals surface area contributed by atoms with E-state index in [1.165, 1.54) is 0 Å². The first kappa shape index (κ1) is 18.3. The Labute approximate surface area is 165 Å². The van der Waals surface area contributed by atoms with E-state index < -0.39 is 0 Å². The van der Waals surface area contributed by atoms with Crippen molar-refractivity contribution >= 4 is 6.09 Å². The summed E-state index contributed by atoms with van der Waals surface area (Å²) in [5, 5.41) is 0. The van der Waals surface area contributed by atoms with Crippen LogP contribution >= 0.6 is 0 Å². The van der Waals surface area contributed by atoms with Crippen molar-refractivity contribution in [3.05, 3.63) is 83.3 Å². The van der Waals surface area contributed by atoms with Gasteiger partial charge in [0.05, 0.1) is 6.04 Å². The molecule has 2 aromatic heterocycles. The standard InChI is InChI=1S/C23H25N3O2/c1-17-12-13-18(2)26(17)22-20(10-6-14-24-22)21-11-7-15-25(21)23(27)28-16-19-8-4-3-5-9-19/h3-6,8-10,12-14,21H,7,11,15-16H2,1-2H3/t21-/m1/s1. The number of hydrogen-bond donors (Lipinski definition) is 0. The number of likely N-dealkylation sites (tertiary alicyclic amines) is 1. The molecule has 0 aliphatic carbocycles. The molecule has 0 saturated carbocycles. The summed E-state index contributed by atoms with van der Waals surface area (Å²) in [5.74, 6) is 0.898. The number of hydrogen-bond acceptors (Lipinski definition) is 3.